The van der Waals surface area contributed by atoms with Crippen molar-refractivity contribution in [3.8, 4) is 0 Å². The normalized spacial score (nSPS) is 22.2. The van der Waals surface area contributed by atoms with Gasteiger partial charge in [-0.1, -0.05) is 24.2 Å². The van der Waals surface area contributed by atoms with Gasteiger partial charge in [-0.25, -0.2) is 4.90 Å². The second-order valence-electron chi connectivity index (χ2n) is 6.31. The summed E-state index contributed by atoms with van der Waals surface area (Å²) >= 11 is 0. The summed E-state index contributed by atoms with van der Waals surface area (Å²) in [4.78, 5) is 32.2. The number of aryl methyl sites for hydroxylation is 3. The lowest BCUT2D eigenvalue weighted by Crippen LogP contribution is -2.33. The molecule has 2 aromatic rings. The average Bonchev–Trinajstić information content (AvgIpc) is 3.24. The Balaban J connectivity index is 1.69. The van der Waals surface area contributed by atoms with Crippen LogP contribution in [0, 0.1) is 12.8 Å². The zero-order valence-corrected chi connectivity index (χ0v) is 14.3. The third kappa shape index (κ3) is 2.26. The number of hydrogen-bond donors (Lipinski definition) is 0. The molecule has 0 unspecified atom stereocenters. The molecule has 128 valence electrons. The molecule has 7 heteroatoms. The standard InChI is InChI=1S/C18H18N4O3/c1-4-11-5-7-12(8-6-11)22-17(23)14-15(20-25-16(14)18(22)24)13-9-21(3)19-10(13)2/h5-9,14,16H,4H2,1-3H3/t14-,16-/m0/s1. The van der Waals surface area contributed by atoms with E-state index in [1.807, 2.05) is 19.1 Å². The van der Waals surface area contributed by atoms with E-state index < -0.39 is 12.0 Å². The smallest absolute Gasteiger partial charge is 0.278 e. The van der Waals surface area contributed by atoms with Gasteiger partial charge in [0.05, 0.1) is 11.4 Å². The number of carbonyl (C=O) groups is 2. The van der Waals surface area contributed by atoms with Gasteiger partial charge in [0.25, 0.3) is 5.91 Å². The van der Waals surface area contributed by atoms with E-state index in [1.165, 1.54) is 4.90 Å². The molecule has 2 atom stereocenters. The third-order valence-electron chi connectivity index (χ3n) is 4.70. The van der Waals surface area contributed by atoms with E-state index >= 15 is 0 Å². The van der Waals surface area contributed by atoms with Gasteiger partial charge in [-0.15, -0.1) is 0 Å². The minimum absolute atomic E-state index is 0.307. The van der Waals surface area contributed by atoms with Crippen LogP contribution in [-0.4, -0.2) is 33.4 Å². The van der Waals surface area contributed by atoms with Gasteiger partial charge in [-0.2, -0.15) is 5.10 Å². The van der Waals surface area contributed by atoms with Crippen molar-refractivity contribution < 1.29 is 14.4 Å². The molecule has 1 fully saturated rings. The number of hydrogen-bond acceptors (Lipinski definition) is 5. The molecule has 0 N–H and O–H groups in total. The van der Waals surface area contributed by atoms with Crippen LogP contribution >= 0.6 is 0 Å². The molecule has 25 heavy (non-hydrogen) atoms. The number of oxime groups is 1. The first-order valence-corrected chi connectivity index (χ1v) is 8.22. The van der Waals surface area contributed by atoms with E-state index in [-0.39, 0.29) is 11.8 Å². The average molecular weight is 338 g/mol. The molecule has 3 heterocycles. The maximum Gasteiger partial charge on any atom is 0.278 e. The molecular formula is C18H18N4O3. The molecule has 0 aliphatic carbocycles. The van der Waals surface area contributed by atoms with Gasteiger partial charge >= 0.3 is 0 Å². The first-order chi connectivity index (χ1) is 12.0. The molecule has 1 saturated heterocycles. The zero-order valence-electron chi connectivity index (χ0n) is 14.3. The zero-order chi connectivity index (χ0) is 17.7. The Kier molecular flexibility index (Phi) is 3.45. The third-order valence-corrected chi connectivity index (χ3v) is 4.70. The first-order valence-electron chi connectivity index (χ1n) is 8.22. The predicted molar refractivity (Wildman–Crippen MR) is 91.2 cm³/mol. The van der Waals surface area contributed by atoms with E-state index in [1.54, 1.807) is 30.1 Å². The minimum atomic E-state index is -0.895. The van der Waals surface area contributed by atoms with Crippen LogP contribution in [-0.2, 0) is 27.9 Å². The molecule has 4 rings (SSSR count). The van der Waals surface area contributed by atoms with Crippen LogP contribution in [0.15, 0.2) is 35.6 Å². The number of carbonyl (C=O) groups excluding carboxylic acids is 2. The molecular weight excluding hydrogens is 320 g/mol. The Morgan fingerprint density at radius 3 is 2.48 bits per heavy atom. The summed E-state index contributed by atoms with van der Waals surface area (Å²) in [5.74, 6) is -1.40. The van der Waals surface area contributed by atoms with Crippen molar-refractivity contribution in [1.29, 1.82) is 0 Å². The number of nitrogens with zero attached hydrogens (tertiary/aromatic N) is 4. The Bertz CT molecular complexity index is 898. The number of benzene rings is 1. The molecule has 1 aromatic heterocycles. The largest absolute Gasteiger partial charge is 0.381 e. The van der Waals surface area contributed by atoms with Crippen LogP contribution in [0.4, 0.5) is 5.69 Å². The summed E-state index contributed by atoms with van der Waals surface area (Å²) in [7, 11) is 1.80. The minimum Gasteiger partial charge on any atom is -0.381 e. The second-order valence-corrected chi connectivity index (χ2v) is 6.31. The van der Waals surface area contributed by atoms with Gasteiger partial charge in [0.2, 0.25) is 12.0 Å². The van der Waals surface area contributed by atoms with Crippen molar-refractivity contribution in [1.82, 2.24) is 9.78 Å². The van der Waals surface area contributed by atoms with Crippen molar-refractivity contribution in [2.24, 2.45) is 18.1 Å². The molecule has 0 spiro atoms. The molecule has 2 amide bonds. The Labute approximate surface area is 144 Å². The monoisotopic (exact) mass is 338 g/mol. The van der Waals surface area contributed by atoms with Crippen LogP contribution < -0.4 is 4.90 Å². The maximum atomic E-state index is 13.0. The highest BCUT2D eigenvalue weighted by molar-refractivity contribution is 6.32. The lowest BCUT2D eigenvalue weighted by atomic mass is 9.94. The van der Waals surface area contributed by atoms with Crippen molar-refractivity contribution in [2.75, 3.05) is 4.90 Å². The van der Waals surface area contributed by atoms with Gasteiger partial charge in [0.1, 0.15) is 11.6 Å². The highest BCUT2D eigenvalue weighted by Crippen LogP contribution is 2.35. The number of fused-ring (bicyclic) bond motifs is 1. The van der Waals surface area contributed by atoms with Gasteiger partial charge in [-0.05, 0) is 31.0 Å². The number of imide groups is 1. The van der Waals surface area contributed by atoms with Gasteiger partial charge < -0.3 is 4.84 Å². The van der Waals surface area contributed by atoms with E-state index in [0.29, 0.717) is 11.4 Å². The fourth-order valence-electron chi connectivity index (χ4n) is 3.39. The molecule has 1 aromatic carbocycles. The maximum absolute atomic E-state index is 13.0. The molecule has 7 nitrogen and oxygen atoms in total. The van der Waals surface area contributed by atoms with Crippen LogP contribution in [0.25, 0.3) is 0 Å². The summed E-state index contributed by atoms with van der Waals surface area (Å²) in [5.41, 5.74) is 3.66. The van der Waals surface area contributed by atoms with Crippen molar-refractivity contribution in [2.45, 2.75) is 26.4 Å². The first kappa shape index (κ1) is 15.6. The molecule has 2 aliphatic rings. The number of rotatable bonds is 3. The number of aromatic nitrogens is 2. The summed E-state index contributed by atoms with van der Waals surface area (Å²) in [5, 5.41) is 8.30. The molecule has 0 bridgehead atoms. The Hall–Kier alpha value is -2.96. The van der Waals surface area contributed by atoms with E-state index in [2.05, 4.69) is 17.2 Å². The van der Waals surface area contributed by atoms with E-state index in [0.717, 1.165) is 23.2 Å². The summed E-state index contributed by atoms with van der Waals surface area (Å²) in [6.07, 6.45) is 1.79. The molecule has 2 aliphatic heterocycles. The number of amides is 2. The highest BCUT2D eigenvalue weighted by Gasteiger charge is 2.56. The van der Waals surface area contributed by atoms with Crippen LogP contribution in [0.1, 0.15) is 23.7 Å². The lowest BCUT2D eigenvalue weighted by molar-refractivity contribution is -0.126. The highest BCUT2D eigenvalue weighted by atomic mass is 16.6. The Morgan fingerprint density at radius 1 is 1.16 bits per heavy atom. The molecule has 0 saturated carbocycles. The number of anilines is 1. The second kappa shape index (κ2) is 5.54. The van der Waals surface area contributed by atoms with Crippen molar-refractivity contribution in [3.05, 3.63) is 47.3 Å². The lowest BCUT2D eigenvalue weighted by Gasteiger charge is -2.15. The van der Waals surface area contributed by atoms with Crippen LogP contribution in [0.2, 0.25) is 0 Å². The quantitative estimate of drug-likeness (QED) is 0.796. The molecule has 0 radical (unpaired) electrons. The van der Waals surface area contributed by atoms with Gasteiger partial charge in [-0.3, -0.25) is 14.3 Å². The fraction of sp³-hybridized carbons (Fsp3) is 0.333. The van der Waals surface area contributed by atoms with Crippen molar-refractivity contribution in [3.63, 3.8) is 0 Å². The van der Waals surface area contributed by atoms with Gasteiger partial charge in [0, 0.05) is 18.8 Å². The topological polar surface area (TPSA) is 76.8 Å². The van der Waals surface area contributed by atoms with E-state index in [9.17, 15) is 9.59 Å². The summed E-state index contributed by atoms with van der Waals surface area (Å²) in [6, 6.07) is 7.43. The predicted octanol–water partition coefficient (Wildman–Crippen LogP) is 1.58. The van der Waals surface area contributed by atoms with Gasteiger partial charge in [0.15, 0.2) is 0 Å². The SMILES string of the molecule is CCc1ccc(N2C(=O)[C@H]3C(c4cn(C)nc4C)=NO[C@@H]3C2=O)cc1. The van der Waals surface area contributed by atoms with Crippen LogP contribution in [0.5, 0.6) is 0 Å². The Morgan fingerprint density at radius 2 is 1.88 bits per heavy atom. The summed E-state index contributed by atoms with van der Waals surface area (Å²) < 4.78 is 1.66. The fourth-order valence-corrected chi connectivity index (χ4v) is 3.39. The summed E-state index contributed by atoms with van der Waals surface area (Å²) in [6.45, 7) is 3.89. The van der Waals surface area contributed by atoms with Crippen LogP contribution in [0.3, 0.4) is 0 Å². The van der Waals surface area contributed by atoms with E-state index in [4.69, 9.17) is 4.84 Å². The van der Waals surface area contributed by atoms with Crippen molar-refractivity contribution >= 4 is 23.2 Å².